The molecule has 1 aliphatic heterocycles. The molecule has 1 saturated heterocycles. The first-order chi connectivity index (χ1) is 12.1. The van der Waals surface area contributed by atoms with Crippen LogP contribution in [0.3, 0.4) is 0 Å². The summed E-state index contributed by atoms with van der Waals surface area (Å²) < 4.78 is 19.7. The summed E-state index contributed by atoms with van der Waals surface area (Å²) in [6, 6.07) is 10.1. The number of halogens is 1. The van der Waals surface area contributed by atoms with Crippen LogP contribution in [0.5, 0.6) is 0 Å². The van der Waals surface area contributed by atoms with Gasteiger partial charge in [0.25, 0.3) is 0 Å². The molecule has 1 aromatic heterocycles. The molecule has 0 amide bonds. The van der Waals surface area contributed by atoms with Crippen LogP contribution in [0.1, 0.15) is 39.2 Å². The van der Waals surface area contributed by atoms with E-state index in [1.807, 2.05) is 45.0 Å². The minimum atomic E-state index is -0.956. The highest BCUT2D eigenvalue weighted by molar-refractivity contribution is 5.53. The van der Waals surface area contributed by atoms with E-state index in [9.17, 15) is 4.39 Å². The Morgan fingerprint density at radius 2 is 2.08 bits per heavy atom. The summed E-state index contributed by atoms with van der Waals surface area (Å²) in [6.45, 7) is 7.80. The van der Waals surface area contributed by atoms with E-state index in [2.05, 4.69) is 16.0 Å². The summed E-state index contributed by atoms with van der Waals surface area (Å²) in [6.07, 6.45) is 3.22. The van der Waals surface area contributed by atoms with E-state index in [0.29, 0.717) is 12.4 Å². The number of alkyl halides is 1. The van der Waals surface area contributed by atoms with Crippen molar-refractivity contribution in [3.05, 3.63) is 42.3 Å². The minimum absolute atomic E-state index is 0.285. The third-order valence-corrected chi connectivity index (χ3v) is 4.70. The lowest BCUT2D eigenvalue weighted by molar-refractivity contribution is 0.0186. The van der Waals surface area contributed by atoms with Gasteiger partial charge in [-0.3, -0.25) is 4.90 Å². The second kappa shape index (κ2) is 8.77. The molecule has 5 heteroatoms. The molecule has 134 valence electrons. The van der Waals surface area contributed by atoms with Crippen LogP contribution in [0, 0.1) is 16.7 Å². The predicted octanol–water partition coefficient (Wildman–Crippen LogP) is 4.83. The molecule has 2 unspecified atom stereocenters. The Balaban J connectivity index is 0.00000109. The second-order valence-electron chi connectivity index (χ2n) is 6.48. The molecule has 2 heterocycles. The van der Waals surface area contributed by atoms with Gasteiger partial charge >= 0.3 is 0 Å². The van der Waals surface area contributed by atoms with Crippen molar-refractivity contribution in [1.29, 1.82) is 5.26 Å². The van der Waals surface area contributed by atoms with Crippen molar-refractivity contribution in [3.63, 3.8) is 0 Å². The van der Waals surface area contributed by atoms with Crippen molar-refractivity contribution < 1.29 is 8.81 Å². The lowest BCUT2D eigenvalue weighted by Gasteiger charge is -2.41. The Hall–Kier alpha value is -2.19. The molecule has 1 aliphatic rings. The molecule has 2 atom stereocenters. The number of piperidine rings is 1. The Kier molecular flexibility index (Phi) is 6.72. The average molecular weight is 343 g/mol. The van der Waals surface area contributed by atoms with E-state index >= 15 is 0 Å². The van der Waals surface area contributed by atoms with Gasteiger partial charge in [-0.1, -0.05) is 32.9 Å². The summed E-state index contributed by atoms with van der Waals surface area (Å²) in [5, 5.41) is 8.86. The number of nitriles is 1. The van der Waals surface area contributed by atoms with E-state index < -0.39 is 11.6 Å². The molecule has 0 aliphatic carbocycles. The van der Waals surface area contributed by atoms with E-state index in [1.165, 1.54) is 0 Å². The lowest BCUT2D eigenvalue weighted by atomic mass is 9.76. The first-order valence-corrected chi connectivity index (χ1v) is 8.83. The molecular weight excluding hydrogens is 317 g/mol. The maximum absolute atomic E-state index is 14.4. The first-order valence-electron chi connectivity index (χ1n) is 8.83. The zero-order valence-electron chi connectivity index (χ0n) is 15.2. The third kappa shape index (κ3) is 4.67. The fourth-order valence-corrected chi connectivity index (χ4v) is 3.01. The van der Waals surface area contributed by atoms with E-state index in [0.717, 1.165) is 30.6 Å². The van der Waals surface area contributed by atoms with Gasteiger partial charge < -0.3 is 4.42 Å². The zero-order valence-corrected chi connectivity index (χ0v) is 15.2. The third-order valence-electron chi connectivity index (χ3n) is 4.70. The SMILES string of the molecule is CC.CC1(CC#N)CCN(Cc2ccc(-c3ncco3)cc2)CC1F. The number of nitrogens with zero attached hydrogens (tertiary/aromatic N) is 3. The van der Waals surface area contributed by atoms with Crippen LogP contribution in [0.25, 0.3) is 11.5 Å². The smallest absolute Gasteiger partial charge is 0.225 e. The van der Waals surface area contributed by atoms with Gasteiger partial charge in [-0.2, -0.15) is 5.26 Å². The van der Waals surface area contributed by atoms with Crippen LogP contribution in [0.4, 0.5) is 4.39 Å². The van der Waals surface area contributed by atoms with Crippen LogP contribution < -0.4 is 0 Å². The van der Waals surface area contributed by atoms with Gasteiger partial charge in [0.05, 0.1) is 12.3 Å². The highest BCUT2D eigenvalue weighted by Crippen LogP contribution is 2.36. The summed E-state index contributed by atoms with van der Waals surface area (Å²) in [5.74, 6) is 0.602. The maximum Gasteiger partial charge on any atom is 0.225 e. The lowest BCUT2D eigenvalue weighted by Crippen LogP contribution is -2.47. The highest BCUT2D eigenvalue weighted by Gasteiger charge is 2.39. The number of likely N-dealkylation sites (tertiary alicyclic amines) is 1. The fourth-order valence-electron chi connectivity index (χ4n) is 3.01. The fraction of sp³-hybridized carbons (Fsp3) is 0.500. The largest absolute Gasteiger partial charge is 0.445 e. The zero-order chi connectivity index (χ0) is 18.3. The molecule has 0 N–H and O–H groups in total. The van der Waals surface area contributed by atoms with Crippen molar-refractivity contribution in [2.24, 2.45) is 5.41 Å². The molecule has 2 aromatic rings. The topological polar surface area (TPSA) is 53.1 Å². The summed E-state index contributed by atoms with van der Waals surface area (Å²) >= 11 is 0. The first kappa shape index (κ1) is 19.1. The molecule has 0 spiro atoms. The molecule has 0 saturated carbocycles. The van der Waals surface area contributed by atoms with Gasteiger partial charge in [-0.05, 0) is 30.7 Å². The van der Waals surface area contributed by atoms with Gasteiger partial charge in [-0.15, -0.1) is 0 Å². The average Bonchev–Trinajstić information content (AvgIpc) is 3.16. The molecule has 4 nitrogen and oxygen atoms in total. The highest BCUT2D eigenvalue weighted by atomic mass is 19.1. The summed E-state index contributed by atoms with van der Waals surface area (Å²) in [4.78, 5) is 6.24. The number of rotatable bonds is 4. The van der Waals surface area contributed by atoms with Crippen LogP contribution in [-0.2, 0) is 6.54 Å². The van der Waals surface area contributed by atoms with Gasteiger partial charge in [0.1, 0.15) is 12.4 Å². The van der Waals surface area contributed by atoms with Crippen LogP contribution in [-0.4, -0.2) is 29.1 Å². The Bertz CT molecular complexity index is 678. The van der Waals surface area contributed by atoms with Crippen molar-refractivity contribution >= 4 is 0 Å². The van der Waals surface area contributed by atoms with E-state index in [1.54, 1.807) is 12.5 Å². The van der Waals surface area contributed by atoms with Gasteiger partial charge in [0, 0.05) is 30.5 Å². The normalized spacial score (nSPS) is 23.4. The Morgan fingerprint density at radius 3 is 2.64 bits per heavy atom. The van der Waals surface area contributed by atoms with E-state index in [-0.39, 0.29) is 6.42 Å². The van der Waals surface area contributed by atoms with Gasteiger partial charge in [0.2, 0.25) is 5.89 Å². The van der Waals surface area contributed by atoms with Crippen molar-refractivity contribution in [2.45, 2.75) is 46.3 Å². The van der Waals surface area contributed by atoms with Crippen molar-refractivity contribution in [3.8, 4) is 17.5 Å². The van der Waals surface area contributed by atoms with Crippen molar-refractivity contribution in [1.82, 2.24) is 9.88 Å². The molecule has 1 aromatic carbocycles. The van der Waals surface area contributed by atoms with Gasteiger partial charge in [0.15, 0.2) is 0 Å². The predicted molar refractivity (Wildman–Crippen MR) is 96.4 cm³/mol. The molecule has 1 fully saturated rings. The number of oxazole rings is 1. The molecule has 25 heavy (non-hydrogen) atoms. The molecule has 3 rings (SSSR count). The molecule has 0 bridgehead atoms. The quantitative estimate of drug-likeness (QED) is 0.798. The Morgan fingerprint density at radius 1 is 1.36 bits per heavy atom. The number of aromatic nitrogens is 1. The van der Waals surface area contributed by atoms with Crippen LogP contribution in [0.15, 0.2) is 41.1 Å². The monoisotopic (exact) mass is 343 g/mol. The number of hydrogen-bond donors (Lipinski definition) is 0. The summed E-state index contributed by atoms with van der Waals surface area (Å²) in [7, 11) is 0. The van der Waals surface area contributed by atoms with E-state index in [4.69, 9.17) is 9.68 Å². The number of benzene rings is 1. The minimum Gasteiger partial charge on any atom is -0.445 e. The maximum atomic E-state index is 14.4. The van der Waals surface area contributed by atoms with Gasteiger partial charge in [-0.25, -0.2) is 9.37 Å². The Labute approximate surface area is 149 Å². The molecule has 0 radical (unpaired) electrons. The molecular formula is C20H26FN3O. The van der Waals surface area contributed by atoms with Crippen molar-refractivity contribution in [2.75, 3.05) is 13.1 Å². The number of hydrogen-bond acceptors (Lipinski definition) is 4. The second-order valence-corrected chi connectivity index (χ2v) is 6.48. The van der Waals surface area contributed by atoms with Crippen LogP contribution in [0.2, 0.25) is 0 Å². The summed E-state index contributed by atoms with van der Waals surface area (Å²) in [5.41, 5.74) is 1.57. The van der Waals surface area contributed by atoms with Crippen LogP contribution >= 0.6 is 0 Å². The standard InChI is InChI=1S/C18H20FN3O.C2H6/c1-18(6-8-20)7-10-22(13-16(18)19)12-14-2-4-15(5-3-14)17-21-9-11-23-17;1-2/h2-5,9,11,16H,6-7,10,12-13H2,1H3;1-2H3.